The molecule has 4 heteroatoms. The molecule has 0 saturated carbocycles. The first-order chi connectivity index (χ1) is 9.49. The van der Waals surface area contributed by atoms with E-state index in [-0.39, 0.29) is 5.91 Å². The van der Waals surface area contributed by atoms with Crippen molar-refractivity contribution in [2.24, 2.45) is 0 Å². The molecule has 0 unspecified atom stereocenters. The third kappa shape index (κ3) is 3.31. The van der Waals surface area contributed by atoms with Gasteiger partial charge in [0.25, 0.3) is 5.91 Å². The summed E-state index contributed by atoms with van der Waals surface area (Å²) in [7, 11) is 1.52. The molecular weight excluding hydrogens is 274 g/mol. The molecule has 1 amide bonds. The number of hydrogen-bond acceptors (Lipinski definition) is 2. The summed E-state index contributed by atoms with van der Waals surface area (Å²) in [5.74, 6) is 0.255. The van der Waals surface area contributed by atoms with E-state index in [1.165, 1.54) is 7.11 Å². The van der Waals surface area contributed by atoms with Gasteiger partial charge >= 0.3 is 0 Å². The predicted octanol–water partition coefficient (Wildman–Crippen LogP) is 4.22. The van der Waals surface area contributed by atoms with Crippen LogP contribution >= 0.6 is 11.6 Å². The Kier molecular flexibility index (Phi) is 4.30. The molecule has 0 aliphatic carbocycles. The molecular formula is C16H16ClNO2. The summed E-state index contributed by atoms with van der Waals surface area (Å²) in [6.45, 7) is 3.98. The first kappa shape index (κ1) is 14.4. The maximum Gasteiger partial charge on any atom is 0.259 e. The van der Waals surface area contributed by atoms with E-state index in [1.807, 2.05) is 26.0 Å². The molecule has 104 valence electrons. The second kappa shape index (κ2) is 5.97. The fourth-order valence-electron chi connectivity index (χ4n) is 2.10. The summed E-state index contributed by atoms with van der Waals surface area (Å²) in [5.41, 5.74) is 3.37. The smallest absolute Gasteiger partial charge is 0.259 e. The van der Waals surface area contributed by atoms with Crippen molar-refractivity contribution in [2.45, 2.75) is 13.8 Å². The molecule has 0 heterocycles. The van der Waals surface area contributed by atoms with Crippen LogP contribution in [-0.4, -0.2) is 13.0 Å². The minimum absolute atomic E-state index is 0.241. The number of nitrogens with one attached hydrogen (secondary N) is 1. The number of hydrogen-bond donors (Lipinski definition) is 1. The van der Waals surface area contributed by atoms with Crippen LogP contribution in [-0.2, 0) is 0 Å². The van der Waals surface area contributed by atoms with Gasteiger partial charge < -0.3 is 10.1 Å². The van der Waals surface area contributed by atoms with Gasteiger partial charge in [0.1, 0.15) is 5.75 Å². The zero-order valence-corrected chi connectivity index (χ0v) is 12.4. The zero-order valence-electron chi connectivity index (χ0n) is 11.7. The van der Waals surface area contributed by atoms with E-state index in [0.717, 1.165) is 16.8 Å². The molecule has 20 heavy (non-hydrogen) atoms. The van der Waals surface area contributed by atoms with Crippen molar-refractivity contribution in [1.82, 2.24) is 0 Å². The Hall–Kier alpha value is -2.00. The first-order valence-corrected chi connectivity index (χ1v) is 6.60. The van der Waals surface area contributed by atoms with Crippen molar-refractivity contribution < 1.29 is 9.53 Å². The molecule has 0 radical (unpaired) electrons. The Labute approximate surface area is 123 Å². The van der Waals surface area contributed by atoms with Crippen LogP contribution in [0.15, 0.2) is 36.4 Å². The van der Waals surface area contributed by atoms with Crippen LogP contribution in [0.4, 0.5) is 5.69 Å². The molecule has 0 aliphatic heterocycles. The van der Waals surface area contributed by atoms with Crippen LogP contribution in [0.3, 0.4) is 0 Å². The van der Waals surface area contributed by atoms with E-state index < -0.39 is 0 Å². The molecule has 0 atom stereocenters. The number of ether oxygens (including phenoxy) is 1. The van der Waals surface area contributed by atoms with Crippen LogP contribution in [0.2, 0.25) is 5.02 Å². The molecule has 0 bridgehead atoms. The largest absolute Gasteiger partial charge is 0.496 e. The number of carbonyl (C=O) groups is 1. The third-order valence-corrected chi connectivity index (χ3v) is 3.12. The van der Waals surface area contributed by atoms with Crippen LogP contribution in [0, 0.1) is 13.8 Å². The predicted molar refractivity (Wildman–Crippen MR) is 81.9 cm³/mol. The van der Waals surface area contributed by atoms with Crippen LogP contribution in [0.5, 0.6) is 5.75 Å². The third-order valence-electron chi connectivity index (χ3n) is 2.89. The molecule has 3 nitrogen and oxygen atoms in total. The highest BCUT2D eigenvalue weighted by Crippen LogP contribution is 2.24. The van der Waals surface area contributed by atoms with Gasteiger partial charge in [0.2, 0.25) is 0 Å². The standard InChI is InChI=1S/C16H16ClNO2/c1-10-6-11(2)8-13(7-10)18-16(19)14-9-12(17)4-5-15(14)20-3/h4-9H,1-3H3,(H,18,19). The SMILES string of the molecule is COc1ccc(Cl)cc1C(=O)Nc1cc(C)cc(C)c1. The van der Waals surface area contributed by atoms with Crippen molar-refractivity contribution >= 4 is 23.2 Å². The Morgan fingerprint density at radius 2 is 1.75 bits per heavy atom. The average Bonchev–Trinajstić information content (AvgIpc) is 2.37. The fourth-order valence-corrected chi connectivity index (χ4v) is 2.28. The lowest BCUT2D eigenvalue weighted by Gasteiger charge is -2.11. The summed E-state index contributed by atoms with van der Waals surface area (Å²) in [4.78, 5) is 12.3. The maximum atomic E-state index is 12.3. The normalized spacial score (nSPS) is 10.2. The Balaban J connectivity index is 2.30. The minimum atomic E-state index is -0.241. The molecule has 2 aromatic rings. The van der Waals surface area contributed by atoms with Gasteiger partial charge in [0.15, 0.2) is 0 Å². The van der Waals surface area contributed by atoms with Crippen LogP contribution in [0.1, 0.15) is 21.5 Å². The number of amides is 1. The van der Waals surface area contributed by atoms with Crippen LogP contribution in [0.25, 0.3) is 0 Å². The molecule has 0 spiro atoms. The highest BCUT2D eigenvalue weighted by Gasteiger charge is 2.13. The molecule has 0 saturated heterocycles. The van der Waals surface area contributed by atoms with Crippen molar-refractivity contribution in [2.75, 3.05) is 12.4 Å². The number of anilines is 1. The Bertz CT molecular complexity index is 633. The van der Waals surface area contributed by atoms with Gasteiger partial charge in [-0.15, -0.1) is 0 Å². The molecule has 0 aromatic heterocycles. The lowest BCUT2D eigenvalue weighted by molar-refractivity contribution is 0.102. The summed E-state index contributed by atoms with van der Waals surface area (Å²) < 4.78 is 5.19. The van der Waals surface area contributed by atoms with E-state index in [1.54, 1.807) is 18.2 Å². The maximum absolute atomic E-state index is 12.3. The van der Waals surface area contributed by atoms with Crippen molar-refractivity contribution in [3.63, 3.8) is 0 Å². The highest BCUT2D eigenvalue weighted by atomic mass is 35.5. The molecule has 2 aromatic carbocycles. The zero-order chi connectivity index (χ0) is 14.7. The topological polar surface area (TPSA) is 38.3 Å². The highest BCUT2D eigenvalue weighted by molar-refractivity contribution is 6.31. The quantitative estimate of drug-likeness (QED) is 0.919. The summed E-state index contributed by atoms with van der Waals surface area (Å²) in [6, 6.07) is 10.9. The van der Waals surface area contributed by atoms with E-state index in [2.05, 4.69) is 11.4 Å². The average molecular weight is 290 g/mol. The van der Waals surface area contributed by atoms with Gasteiger partial charge in [-0.2, -0.15) is 0 Å². The van der Waals surface area contributed by atoms with Gasteiger partial charge in [-0.3, -0.25) is 4.79 Å². The summed E-state index contributed by atoms with van der Waals surface area (Å²) in [5, 5.41) is 3.36. The Morgan fingerprint density at radius 1 is 1.10 bits per heavy atom. The number of halogens is 1. The monoisotopic (exact) mass is 289 g/mol. The van der Waals surface area contributed by atoms with Crippen molar-refractivity contribution in [1.29, 1.82) is 0 Å². The van der Waals surface area contributed by atoms with Crippen LogP contribution < -0.4 is 10.1 Å². The van der Waals surface area contributed by atoms with E-state index in [0.29, 0.717) is 16.3 Å². The van der Waals surface area contributed by atoms with Gasteiger partial charge in [0, 0.05) is 10.7 Å². The van der Waals surface area contributed by atoms with Gasteiger partial charge in [-0.1, -0.05) is 17.7 Å². The fraction of sp³-hybridized carbons (Fsp3) is 0.188. The number of methoxy groups -OCH3 is 1. The van der Waals surface area contributed by atoms with Crippen molar-refractivity contribution in [3.8, 4) is 5.75 Å². The number of carbonyl (C=O) groups excluding carboxylic acids is 1. The summed E-state index contributed by atoms with van der Waals surface area (Å²) >= 11 is 5.94. The van der Waals surface area contributed by atoms with Gasteiger partial charge in [-0.05, 0) is 55.3 Å². The minimum Gasteiger partial charge on any atom is -0.496 e. The summed E-state index contributed by atoms with van der Waals surface area (Å²) in [6.07, 6.45) is 0. The molecule has 2 rings (SSSR count). The number of rotatable bonds is 3. The van der Waals surface area contributed by atoms with Gasteiger partial charge in [0.05, 0.1) is 12.7 Å². The van der Waals surface area contributed by atoms with E-state index in [4.69, 9.17) is 16.3 Å². The van der Waals surface area contributed by atoms with Crippen molar-refractivity contribution in [3.05, 3.63) is 58.1 Å². The van der Waals surface area contributed by atoms with E-state index in [9.17, 15) is 4.79 Å². The Morgan fingerprint density at radius 3 is 2.35 bits per heavy atom. The molecule has 0 fully saturated rings. The number of aryl methyl sites for hydroxylation is 2. The van der Waals surface area contributed by atoms with E-state index >= 15 is 0 Å². The first-order valence-electron chi connectivity index (χ1n) is 6.23. The molecule has 0 aliphatic rings. The molecule has 1 N–H and O–H groups in total. The lowest BCUT2D eigenvalue weighted by Crippen LogP contribution is -2.13. The number of benzene rings is 2. The lowest BCUT2D eigenvalue weighted by atomic mass is 10.1. The second-order valence-electron chi connectivity index (χ2n) is 4.68. The van der Waals surface area contributed by atoms with Gasteiger partial charge in [-0.25, -0.2) is 0 Å². The second-order valence-corrected chi connectivity index (χ2v) is 5.11.